The first-order chi connectivity index (χ1) is 11.7. The Balaban J connectivity index is 1.27. The molecule has 3 fully saturated rings. The van der Waals surface area contributed by atoms with Gasteiger partial charge in [-0.1, -0.05) is 18.0 Å². The molecule has 0 spiro atoms. The van der Waals surface area contributed by atoms with Crippen LogP contribution in [0.15, 0.2) is 18.3 Å². The second-order valence-electron chi connectivity index (χ2n) is 7.69. The fourth-order valence-electron chi connectivity index (χ4n) is 4.77. The van der Waals surface area contributed by atoms with Crippen LogP contribution in [0, 0.1) is 17.8 Å². The van der Waals surface area contributed by atoms with Crippen LogP contribution in [0.5, 0.6) is 0 Å². The van der Waals surface area contributed by atoms with Crippen molar-refractivity contribution in [3.63, 3.8) is 0 Å². The number of rotatable bonds is 3. The van der Waals surface area contributed by atoms with Crippen molar-refractivity contribution in [1.29, 1.82) is 0 Å². The third-order valence-electron chi connectivity index (χ3n) is 6.20. The molecule has 2 atom stereocenters. The number of carbonyl (C=O) groups excluding carboxylic acids is 1. The van der Waals surface area contributed by atoms with Crippen LogP contribution in [0.3, 0.4) is 0 Å². The van der Waals surface area contributed by atoms with E-state index in [1.54, 1.807) is 6.20 Å². The summed E-state index contributed by atoms with van der Waals surface area (Å²) in [4.78, 5) is 21.4. The van der Waals surface area contributed by atoms with Crippen LogP contribution in [0.1, 0.15) is 38.5 Å². The number of carbonyl (C=O) groups is 1. The van der Waals surface area contributed by atoms with Crippen molar-refractivity contribution in [2.75, 3.05) is 31.1 Å². The molecule has 130 valence electrons. The number of halogens is 1. The van der Waals surface area contributed by atoms with E-state index in [9.17, 15) is 4.79 Å². The van der Waals surface area contributed by atoms with Crippen LogP contribution in [0.25, 0.3) is 0 Å². The van der Waals surface area contributed by atoms with Gasteiger partial charge in [0.2, 0.25) is 5.91 Å². The van der Waals surface area contributed by atoms with E-state index in [-0.39, 0.29) is 0 Å². The lowest BCUT2D eigenvalue weighted by Crippen LogP contribution is -2.37. The smallest absolute Gasteiger partial charge is 0.222 e. The molecule has 2 saturated heterocycles. The van der Waals surface area contributed by atoms with Gasteiger partial charge in [-0.15, -0.1) is 0 Å². The molecule has 0 N–H and O–H groups in total. The summed E-state index contributed by atoms with van der Waals surface area (Å²) in [6.07, 6.45) is 8.66. The van der Waals surface area contributed by atoms with Crippen molar-refractivity contribution >= 4 is 23.3 Å². The van der Waals surface area contributed by atoms with Crippen LogP contribution < -0.4 is 4.90 Å². The summed E-state index contributed by atoms with van der Waals surface area (Å²) in [5.41, 5.74) is 0. The van der Waals surface area contributed by atoms with Crippen LogP contribution in [-0.2, 0) is 4.79 Å². The zero-order chi connectivity index (χ0) is 16.5. The molecule has 2 unspecified atom stereocenters. The molecule has 1 aromatic rings. The van der Waals surface area contributed by atoms with Gasteiger partial charge in [-0.05, 0) is 55.6 Å². The minimum absolute atomic E-state index is 0.388. The Hall–Kier alpha value is -1.29. The van der Waals surface area contributed by atoms with Gasteiger partial charge in [-0.3, -0.25) is 4.79 Å². The highest BCUT2D eigenvalue weighted by Gasteiger charge is 2.38. The molecule has 4 rings (SSSR count). The van der Waals surface area contributed by atoms with Crippen molar-refractivity contribution < 1.29 is 4.79 Å². The van der Waals surface area contributed by atoms with E-state index in [2.05, 4.69) is 14.8 Å². The van der Waals surface area contributed by atoms with E-state index in [0.29, 0.717) is 11.8 Å². The number of nitrogens with zero attached hydrogens (tertiary/aromatic N) is 3. The fourth-order valence-corrected chi connectivity index (χ4v) is 5.01. The third kappa shape index (κ3) is 3.26. The van der Waals surface area contributed by atoms with E-state index in [0.717, 1.165) is 68.1 Å². The lowest BCUT2D eigenvalue weighted by molar-refractivity contribution is -0.131. The second-order valence-corrected chi connectivity index (χ2v) is 8.10. The first-order valence-electron chi connectivity index (χ1n) is 9.34. The maximum atomic E-state index is 12.6. The van der Waals surface area contributed by atoms with Crippen molar-refractivity contribution in [3.8, 4) is 0 Å². The molecule has 1 amide bonds. The minimum atomic E-state index is 0.388. The molecule has 1 aromatic heterocycles. The van der Waals surface area contributed by atoms with Crippen molar-refractivity contribution in [3.05, 3.63) is 23.4 Å². The summed E-state index contributed by atoms with van der Waals surface area (Å²) in [5, 5.41) is 0.718. The topological polar surface area (TPSA) is 36.4 Å². The predicted octanol–water partition coefficient (Wildman–Crippen LogP) is 3.60. The quantitative estimate of drug-likeness (QED) is 0.838. The number of hydrogen-bond acceptors (Lipinski definition) is 3. The lowest BCUT2D eigenvalue weighted by atomic mass is 9.93. The van der Waals surface area contributed by atoms with E-state index in [4.69, 9.17) is 11.6 Å². The SMILES string of the molecule is O=C(CC1CCN(c2ncccc2Cl)CC1)N1CC2CCCC2C1. The Morgan fingerprint density at radius 2 is 1.88 bits per heavy atom. The van der Waals surface area contributed by atoms with Gasteiger partial charge in [0.15, 0.2) is 0 Å². The Kier molecular flexibility index (Phi) is 4.66. The largest absolute Gasteiger partial charge is 0.355 e. The highest BCUT2D eigenvalue weighted by Crippen LogP contribution is 2.38. The maximum Gasteiger partial charge on any atom is 0.222 e. The van der Waals surface area contributed by atoms with Gasteiger partial charge in [0.25, 0.3) is 0 Å². The molecular weight excluding hydrogens is 322 g/mol. The van der Waals surface area contributed by atoms with Gasteiger partial charge in [-0.25, -0.2) is 4.98 Å². The first-order valence-corrected chi connectivity index (χ1v) is 9.71. The van der Waals surface area contributed by atoms with E-state index >= 15 is 0 Å². The summed E-state index contributed by atoms with van der Waals surface area (Å²) >= 11 is 6.25. The zero-order valence-electron chi connectivity index (χ0n) is 14.2. The number of pyridine rings is 1. The predicted molar refractivity (Wildman–Crippen MR) is 96.2 cm³/mol. The van der Waals surface area contributed by atoms with Crippen LogP contribution in [0.2, 0.25) is 5.02 Å². The maximum absolute atomic E-state index is 12.6. The average molecular weight is 348 g/mol. The number of amides is 1. The summed E-state index contributed by atoms with van der Waals surface area (Å²) < 4.78 is 0. The Bertz CT molecular complexity index is 588. The van der Waals surface area contributed by atoms with Crippen LogP contribution in [-0.4, -0.2) is 42.0 Å². The van der Waals surface area contributed by atoms with Gasteiger partial charge in [0.1, 0.15) is 5.82 Å². The van der Waals surface area contributed by atoms with E-state index in [1.165, 1.54) is 19.3 Å². The van der Waals surface area contributed by atoms with Gasteiger partial charge >= 0.3 is 0 Å². The molecule has 2 aliphatic heterocycles. The number of anilines is 1. The molecule has 0 aromatic carbocycles. The van der Waals surface area contributed by atoms with Gasteiger partial charge in [0, 0.05) is 38.8 Å². The van der Waals surface area contributed by atoms with Crippen molar-refractivity contribution in [1.82, 2.24) is 9.88 Å². The lowest BCUT2D eigenvalue weighted by Gasteiger charge is -2.33. The minimum Gasteiger partial charge on any atom is -0.355 e. The molecule has 5 heteroatoms. The van der Waals surface area contributed by atoms with Gasteiger partial charge in [-0.2, -0.15) is 0 Å². The molecule has 1 aliphatic carbocycles. The molecule has 0 bridgehead atoms. The first kappa shape index (κ1) is 16.2. The monoisotopic (exact) mass is 347 g/mol. The van der Waals surface area contributed by atoms with Gasteiger partial charge in [0.05, 0.1) is 5.02 Å². The Labute approximate surface area is 149 Å². The van der Waals surface area contributed by atoms with Crippen molar-refractivity contribution in [2.45, 2.75) is 38.5 Å². The highest BCUT2D eigenvalue weighted by molar-refractivity contribution is 6.32. The van der Waals surface area contributed by atoms with E-state index in [1.807, 2.05) is 12.1 Å². The number of piperidine rings is 1. The number of fused-ring (bicyclic) bond motifs is 1. The number of likely N-dealkylation sites (tertiary alicyclic amines) is 1. The molecule has 3 aliphatic rings. The van der Waals surface area contributed by atoms with Crippen molar-refractivity contribution in [2.24, 2.45) is 17.8 Å². The second kappa shape index (κ2) is 6.91. The third-order valence-corrected chi connectivity index (χ3v) is 6.49. The zero-order valence-corrected chi connectivity index (χ0v) is 14.9. The average Bonchev–Trinajstić information content (AvgIpc) is 3.18. The normalized spacial score (nSPS) is 27.5. The number of aromatic nitrogens is 1. The van der Waals surface area contributed by atoms with E-state index < -0.39 is 0 Å². The molecule has 1 saturated carbocycles. The standard InChI is InChI=1S/C19H26ClN3O/c20-17-5-2-8-21-19(17)22-9-6-14(7-10-22)11-18(24)23-12-15-3-1-4-16(15)13-23/h2,5,8,14-16H,1,3-4,6-7,9-13H2. The molecule has 4 nitrogen and oxygen atoms in total. The molecular formula is C19H26ClN3O. The van der Waals surface area contributed by atoms with Crippen LogP contribution in [0.4, 0.5) is 5.82 Å². The highest BCUT2D eigenvalue weighted by atomic mass is 35.5. The van der Waals surface area contributed by atoms with Crippen LogP contribution >= 0.6 is 11.6 Å². The molecule has 24 heavy (non-hydrogen) atoms. The summed E-state index contributed by atoms with van der Waals surface area (Å²) in [5.74, 6) is 3.37. The fraction of sp³-hybridized carbons (Fsp3) is 0.684. The summed E-state index contributed by atoms with van der Waals surface area (Å²) in [6, 6.07) is 3.76. The summed E-state index contributed by atoms with van der Waals surface area (Å²) in [7, 11) is 0. The summed E-state index contributed by atoms with van der Waals surface area (Å²) in [6.45, 7) is 3.93. The Morgan fingerprint density at radius 1 is 1.17 bits per heavy atom. The molecule has 0 radical (unpaired) electrons. The molecule has 3 heterocycles. The number of hydrogen-bond donors (Lipinski definition) is 0. The van der Waals surface area contributed by atoms with Gasteiger partial charge < -0.3 is 9.80 Å². The Morgan fingerprint density at radius 3 is 2.54 bits per heavy atom.